The molecule has 0 radical (unpaired) electrons. The maximum Gasteiger partial charge on any atom is 0.166 e. The summed E-state index contributed by atoms with van der Waals surface area (Å²) in [6, 6.07) is 2.09. The third kappa shape index (κ3) is 1.47. The largest absolute Gasteiger partial charge is 0.455 e. The lowest BCUT2D eigenvalue weighted by Gasteiger charge is -1.82. The molecule has 0 amide bonds. The van der Waals surface area contributed by atoms with Crippen molar-refractivity contribution in [2.75, 3.05) is 0 Å². The molecule has 1 rings (SSSR count). The number of furan rings is 1. The van der Waals surface area contributed by atoms with E-state index in [1.807, 2.05) is 0 Å². The highest BCUT2D eigenvalue weighted by molar-refractivity contribution is 14.1. The van der Waals surface area contributed by atoms with Gasteiger partial charge in [-0.15, -0.1) is 0 Å². The molecule has 0 aromatic carbocycles. The van der Waals surface area contributed by atoms with Gasteiger partial charge in [-0.05, 0) is 35.6 Å². The fraction of sp³-hybridized carbons (Fsp3) is 0.429. The van der Waals surface area contributed by atoms with Gasteiger partial charge in [0.1, 0.15) is 5.76 Å². The zero-order valence-corrected chi connectivity index (χ0v) is 7.73. The van der Waals surface area contributed by atoms with Crippen LogP contribution in [0, 0.1) is 10.7 Å². The Balaban J connectivity index is 2.98. The molecular formula is C7H9IO. The third-order valence-electron chi connectivity index (χ3n) is 1.26. The van der Waals surface area contributed by atoms with Crippen LogP contribution in [-0.2, 0) is 6.42 Å². The molecule has 0 atom stereocenters. The van der Waals surface area contributed by atoms with Crippen molar-refractivity contribution in [1.82, 2.24) is 0 Å². The summed E-state index contributed by atoms with van der Waals surface area (Å²) in [5.74, 6) is 1.08. The predicted octanol–water partition coefficient (Wildman–Crippen LogP) is 2.76. The van der Waals surface area contributed by atoms with Gasteiger partial charge in [-0.1, -0.05) is 6.92 Å². The van der Waals surface area contributed by atoms with E-state index in [2.05, 4.69) is 42.5 Å². The van der Waals surface area contributed by atoms with Gasteiger partial charge in [-0.25, -0.2) is 0 Å². The molecule has 0 saturated heterocycles. The van der Waals surface area contributed by atoms with Gasteiger partial charge in [0.2, 0.25) is 0 Å². The second-order valence-corrected chi connectivity index (χ2v) is 3.00. The lowest BCUT2D eigenvalue weighted by molar-refractivity contribution is 0.489. The van der Waals surface area contributed by atoms with E-state index in [1.165, 1.54) is 5.56 Å². The van der Waals surface area contributed by atoms with Gasteiger partial charge in [0.25, 0.3) is 0 Å². The fourth-order valence-electron chi connectivity index (χ4n) is 0.698. The highest BCUT2D eigenvalue weighted by atomic mass is 127. The van der Waals surface area contributed by atoms with Gasteiger partial charge in [-0.3, -0.25) is 0 Å². The summed E-state index contributed by atoms with van der Waals surface area (Å²) in [5, 5.41) is 0. The molecule has 0 saturated carbocycles. The average Bonchev–Trinajstić information content (AvgIpc) is 2.13. The molecule has 9 heavy (non-hydrogen) atoms. The monoisotopic (exact) mass is 236 g/mol. The van der Waals surface area contributed by atoms with Crippen molar-refractivity contribution in [3.05, 3.63) is 21.2 Å². The molecule has 1 aromatic heterocycles. The van der Waals surface area contributed by atoms with Crippen LogP contribution in [0.15, 0.2) is 10.5 Å². The summed E-state index contributed by atoms with van der Waals surface area (Å²) in [4.78, 5) is 0. The minimum atomic E-state index is 0.990. The van der Waals surface area contributed by atoms with Crippen molar-refractivity contribution < 1.29 is 4.42 Å². The first-order valence-corrected chi connectivity index (χ1v) is 4.06. The molecule has 0 aliphatic rings. The molecule has 1 heterocycles. The molecule has 1 nitrogen and oxygen atoms in total. The van der Waals surface area contributed by atoms with Gasteiger partial charge < -0.3 is 4.42 Å². The van der Waals surface area contributed by atoms with Gasteiger partial charge >= 0.3 is 0 Å². The van der Waals surface area contributed by atoms with E-state index in [4.69, 9.17) is 4.42 Å². The minimum Gasteiger partial charge on any atom is -0.455 e. The van der Waals surface area contributed by atoms with Crippen molar-refractivity contribution >= 4 is 22.6 Å². The first kappa shape index (κ1) is 7.12. The number of rotatable bonds is 1. The summed E-state index contributed by atoms with van der Waals surface area (Å²) in [5.41, 5.74) is 1.24. The van der Waals surface area contributed by atoms with Gasteiger partial charge in [0.15, 0.2) is 3.77 Å². The Kier molecular flexibility index (Phi) is 2.16. The Morgan fingerprint density at radius 1 is 1.67 bits per heavy atom. The van der Waals surface area contributed by atoms with Crippen molar-refractivity contribution in [2.24, 2.45) is 0 Å². The molecule has 1 aromatic rings. The Labute approximate surface area is 68.6 Å². The number of hydrogen-bond acceptors (Lipinski definition) is 1. The molecule has 50 valence electrons. The zero-order chi connectivity index (χ0) is 6.85. The lowest BCUT2D eigenvalue weighted by atomic mass is 10.3. The van der Waals surface area contributed by atoms with Crippen molar-refractivity contribution in [3.8, 4) is 0 Å². The molecule has 2 heteroatoms. The molecule has 0 spiro atoms. The number of aryl methyl sites for hydroxylation is 2. The molecule has 0 N–H and O–H groups in total. The molecular weight excluding hydrogens is 227 g/mol. The molecule has 0 fully saturated rings. The Morgan fingerprint density at radius 3 is 2.56 bits per heavy atom. The number of hydrogen-bond donors (Lipinski definition) is 0. The SMILES string of the molecule is CCc1cc(C)c(I)o1. The molecule has 0 unspecified atom stereocenters. The number of halogens is 1. The fourth-order valence-corrected chi connectivity index (χ4v) is 1.14. The minimum absolute atomic E-state index is 0.990. The van der Waals surface area contributed by atoms with Crippen LogP contribution in [0.3, 0.4) is 0 Å². The average molecular weight is 236 g/mol. The highest BCUT2D eigenvalue weighted by Crippen LogP contribution is 2.16. The topological polar surface area (TPSA) is 13.1 Å². The van der Waals surface area contributed by atoms with Crippen LogP contribution >= 0.6 is 22.6 Å². The van der Waals surface area contributed by atoms with Crippen molar-refractivity contribution in [2.45, 2.75) is 20.3 Å². The second kappa shape index (κ2) is 2.73. The van der Waals surface area contributed by atoms with E-state index >= 15 is 0 Å². The maximum absolute atomic E-state index is 5.35. The van der Waals surface area contributed by atoms with E-state index < -0.39 is 0 Å². The van der Waals surface area contributed by atoms with Crippen LogP contribution in [0.1, 0.15) is 18.2 Å². The lowest BCUT2D eigenvalue weighted by Crippen LogP contribution is -1.68. The van der Waals surface area contributed by atoms with Crippen molar-refractivity contribution in [3.63, 3.8) is 0 Å². The van der Waals surface area contributed by atoms with E-state index in [-0.39, 0.29) is 0 Å². The normalized spacial score (nSPS) is 10.1. The first-order chi connectivity index (χ1) is 4.24. The summed E-state index contributed by atoms with van der Waals surface area (Å²) in [7, 11) is 0. The van der Waals surface area contributed by atoms with E-state index in [0.717, 1.165) is 15.9 Å². The summed E-state index contributed by atoms with van der Waals surface area (Å²) in [6.07, 6.45) is 0.990. The summed E-state index contributed by atoms with van der Waals surface area (Å²) in [6.45, 7) is 4.15. The van der Waals surface area contributed by atoms with Crippen LogP contribution in [0.2, 0.25) is 0 Å². The van der Waals surface area contributed by atoms with Crippen LogP contribution in [0.4, 0.5) is 0 Å². The van der Waals surface area contributed by atoms with Crippen molar-refractivity contribution in [1.29, 1.82) is 0 Å². The molecule has 0 bridgehead atoms. The Hall–Kier alpha value is 0.01000. The van der Waals surface area contributed by atoms with Gasteiger partial charge in [0.05, 0.1) is 0 Å². The smallest absolute Gasteiger partial charge is 0.166 e. The molecule has 0 aliphatic heterocycles. The quantitative estimate of drug-likeness (QED) is 0.683. The first-order valence-electron chi connectivity index (χ1n) is 2.99. The highest BCUT2D eigenvalue weighted by Gasteiger charge is 2.00. The third-order valence-corrected chi connectivity index (χ3v) is 2.33. The summed E-state index contributed by atoms with van der Waals surface area (Å²) >= 11 is 2.20. The van der Waals surface area contributed by atoms with Crippen LogP contribution in [0.5, 0.6) is 0 Å². The predicted molar refractivity (Wildman–Crippen MR) is 45.5 cm³/mol. The van der Waals surface area contributed by atoms with Crippen LogP contribution < -0.4 is 0 Å². The Morgan fingerprint density at radius 2 is 2.33 bits per heavy atom. The van der Waals surface area contributed by atoms with Gasteiger partial charge in [-0.2, -0.15) is 0 Å². The second-order valence-electron chi connectivity index (χ2n) is 2.02. The zero-order valence-electron chi connectivity index (χ0n) is 5.57. The van der Waals surface area contributed by atoms with Crippen LogP contribution in [0.25, 0.3) is 0 Å². The van der Waals surface area contributed by atoms with E-state index in [9.17, 15) is 0 Å². The van der Waals surface area contributed by atoms with Crippen LogP contribution in [-0.4, -0.2) is 0 Å². The summed E-state index contributed by atoms with van der Waals surface area (Å²) < 4.78 is 6.37. The molecule has 0 aliphatic carbocycles. The van der Waals surface area contributed by atoms with Gasteiger partial charge in [0, 0.05) is 12.0 Å². The van der Waals surface area contributed by atoms with E-state index in [1.54, 1.807) is 0 Å². The maximum atomic E-state index is 5.35. The standard InChI is InChI=1S/C7H9IO/c1-3-6-4-5(2)7(8)9-6/h4H,3H2,1-2H3. The Bertz CT molecular complexity index is 183. The van der Waals surface area contributed by atoms with E-state index in [0.29, 0.717) is 0 Å².